The first-order valence-electron chi connectivity index (χ1n) is 12.4. The van der Waals surface area contributed by atoms with Crippen LogP contribution in [0.4, 0.5) is 0 Å². The van der Waals surface area contributed by atoms with Gasteiger partial charge in [-0.1, -0.05) is 109 Å². The van der Waals surface area contributed by atoms with E-state index >= 15 is 0 Å². The van der Waals surface area contributed by atoms with Gasteiger partial charge in [-0.15, -0.1) is 0 Å². The normalized spacial score (nSPS) is 16.7. The van der Waals surface area contributed by atoms with Gasteiger partial charge in [-0.3, -0.25) is 0 Å². The van der Waals surface area contributed by atoms with E-state index < -0.39 is 0 Å². The van der Waals surface area contributed by atoms with Crippen molar-refractivity contribution in [1.29, 1.82) is 0 Å². The number of rotatable bonds is 2. The fourth-order valence-corrected chi connectivity index (χ4v) is 7.19. The average molecular weight is 433 g/mol. The molecular weight excluding hydrogens is 408 g/mol. The summed E-state index contributed by atoms with van der Waals surface area (Å²) in [6.07, 6.45) is 8.00. The first-order valence-corrected chi connectivity index (χ1v) is 12.4. The fourth-order valence-electron chi connectivity index (χ4n) is 7.19. The minimum absolute atomic E-state index is 0.176. The second kappa shape index (κ2) is 6.58. The molecular formula is C34H24. The van der Waals surface area contributed by atoms with Crippen molar-refractivity contribution in [3.63, 3.8) is 0 Å². The topological polar surface area (TPSA) is 0 Å². The molecule has 5 aromatic carbocycles. The molecule has 1 spiro atoms. The van der Waals surface area contributed by atoms with Crippen molar-refractivity contribution in [2.45, 2.75) is 24.7 Å². The smallest absolute Gasteiger partial charge is 0.0689 e. The molecule has 0 amide bonds. The van der Waals surface area contributed by atoms with Gasteiger partial charge in [0.15, 0.2) is 0 Å². The molecule has 0 aliphatic heterocycles. The Bertz CT molecular complexity index is 1650. The lowest BCUT2D eigenvalue weighted by molar-refractivity contribution is 0.716. The van der Waals surface area contributed by atoms with E-state index in [9.17, 15) is 0 Å². The summed E-state index contributed by atoms with van der Waals surface area (Å²) >= 11 is 0. The number of benzene rings is 5. The summed E-state index contributed by atoms with van der Waals surface area (Å²) in [5, 5.41) is 5.63. The van der Waals surface area contributed by atoms with Crippen LogP contribution in [0.25, 0.3) is 27.1 Å². The second-order valence-corrected chi connectivity index (χ2v) is 9.96. The van der Waals surface area contributed by atoms with Crippen LogP contribution in [0.15, 0.2) is 115 Å². The highest BCUT2D eigenvalue weighted by molar-refractivity contribution is 6.17. The van der Waals surface area contributed by atoms with Gasteiger partial charge in [-0.2, -0.15) is 0 Å². The summed E-state index contributed by atoms with van der Waals surface area (Å²) < 4.78 is 0. The first-order chi connectivity index (χ1) is 16.9. The Morgan fingerprint density at radius 3 is 2.03 bits per heavy atom. The van der Waals surface area contributed by atoms with E-state index in [0.717, 1.165) is 19.3 Å². The maximum absolute atomic E-state index is 2.42. The third-order valence-electron chi connectivity index (χ3n) is 8.38. The summed E-state index contributed by atoms with van der Waals surface area (Å²) in [6.45, 7) is 0. The van der Waals surface area contributed by atoms with Gasteiger partial charge >= 0.3 is 0 Å². The molecule has 0 nitrogen and oxygen atoms in total. The third-order valence-corrected chi connectivity index (χ3v) is 8.38. The molecule has 160 valence electrons. The standard InChI is InChI=1S/C34H24/c1-2-9-22(10-3-1)21-25-13-8-16-28-31(25)26-14-4-5-15-27(26)34(28)29-17-6-11-23-19-20-24-12-7-18-30(34)33(24)32(23)29/h1-4,6-14,16-20H,5,15,21H2. The van der Waals surface area contributed by atoms with E-state index in [0.29, 0.717) is 0 Å². The van der Waals surface area contributed by atoms with Crippen molar-refractivity contribution in [3.8, 4) is 0 Å². The molecule has 0 radical (unpaired) electrons. The Hall–Kier alpha value is -3.90. The van der Waals surface area contributed by atoms with Crippen LogP contribution in [0.1, 0.15) is 46.2 Å². The van der Waals surface area contributed by atoms with E-state index in [4.69, 9.17) is 0 Å². The van der Waals surface area contributed by atoms with Crippen LogP contribution in [0, 0.1) is 0 Å². The molecule has 0 heterocycles. The quantitative estimate of drug-likeness (QED) is 0.246. The number of fused-ring (bicyclic) bond motifs is 6. The Kier molecular flexibility index (Phi) is 3.58. The zero-order valence-corrected chi connectivity index (χ0v) is 19.0. The molecule has 0 aromatic heterocycles. The predicted molar refractivity (Wildman–Crippen MR) is 142 cm³/mol. The molecule has 34 heavy (non-hydrogen) atoms. The molecule has 3 aliphatic rings. The van der Waals surface area contributed by atoms with E-state index in [-0.39, 0.29) is 5.41 Å². The monoisotopic (exact) mass is 432 g/mol. The van der Waals surface area contributed by atoms with Gasteiger partial charge in [0, 0.05) is 0 Å². The van der Waals surface area contributed by atoms with Crippen LogP contribution < -0.4 is 0 Å². The van der Waals surface area contributed by atoms with Gasteiger partial charge in [0.25, 0.3) is 0 Å². The van der Waals surface area contributed by atoms with Crippen LogP contribution in [0.2, 0.25) is 0 Å². The molecule has 0 bridgehead atoms. The molecule has 0 fully saturated rings. The minimum Gasteiger partial charge on any atom is -0.0836 e. The molecule has 0 unspecified atom stereocenters. The highest BCUT2D eigenvalue weighted by Crippen LogP contribution is 2.63. The molecule has 3 aliphatic carbocycles. The predicted octanol–water partition coefficient (Wildman–Crippen LogP) is 8.35. The lowest BCUT2D eigenvalue weighted by Crippen LogP contribution is -2.28. The van der Waals surface area contributed by atoms with Gasteiger partial charge in [-0.05, 0) is 85.3 Å². The fraction of sp³-hybridized carbons (Fsp3) is 0.118. The van der Waals surface area contributed by atoms with Gasteiger partial charge in [0.1, 0.15) is 0 Å². The van der Waals surface area contributed by atoms with Crippen molar-refractivity contribution in [3.05, 3.63) is 148 Å². The van der Waals surface area contributed by atoms with Crippen molar-refractivity contribution >= 4 is 27.1 Å². The van der Waals surface area contributed by atoms with Gasteiger partial charge in [0.05, 0.1) is 5.41 Å². The van der Waals surface area contributed by atoms with Crippen LogP contribution >= 0.6 is 0 Å². The summed E-state index contributed by atoms with van der Waals surface area (Å²) in [4.78, 5) is 0. The molecule has 0 heteroatoms. The summed E-state index contributed by atoms with van der Waals surface area (Å²) in [6, 6.07) is 36.5. The zero-order valence-electron chi connectivity index (χ0n) is 19.0. The Labute approximate surface area is 199 Å². The van der Waals surface area contributed by atoms with Crippen molar-refractivity contribution < 1.29 is 0 Å². The molecule has 0 atom stereocenters. The third kappa shape index (κ3) is 2.14. The SMILES string of the molecule is C1=CC2=C(CC1)C1(c3cccc(Cc4ccccc4)c32)c2cccc3ccc4cccc1c4c23. The summed E-state index contributed by atoms with van der Waals surface area (Å²) in [5.41, 5.74) is 11.6. The maximum atomic E-state index is 2.42. The number of allylic oxidation sites excluding steroid dienone is 4. The Morgan fingerprint density at radius 2 is 1.29 bits per heavy atom. The van der Waals surface area contributed by atoms with E-state index in [1.54, 1.807) is 5.57 Å². The lowest BCUT2D eigenvalue weighted by atomic mass is 9.67. The van der Waals surface area contributed by atoms with Gasteiger partial charge < -0.3 is 0 Å². The highest BCUT2D eigenvalue weighted by atomic mass is 14.5. The maximum Gasteiger partial charge on any atom is 0.0689 e. The molecule has 5 aromatic rings. The number of hydrogen-bond acceptors (Lipinski definition) is 0. The Balaban J connectivity index is 1.51. The summed E-state index contributed by atoms with van der Waals surface area (Å²) in [7, 11) is 0. The Morgan fingerprint density at radius 1 is 0.618 bits per heavy atom. The van der Waals surface area contributed by atoms with E-state index in [1.165, 1.54) is 60.5 Å². The largest absolute Gasteiger partial charge is 0.0836 e. The van der Waals surface area contributed by atoms with E-state index in [1.807, 2.05) is 0 Å². The van der Waals surface area contributed by atoms with Crippen molar-refractivity contribution in [1.82, 2.24) is 0 Å². The zero-order chi connectivity index (χ0) is 22.3. The van der Waals surface area contributed by atoms with E-state index in [2.05, 4.69) is 109 Å². The van der Waals surface area contributed by atoms with Gasteiger partial charge in [-0.25, -0.2) is 0 Å². The van der Waals surface area contributed by atoms with Crippen LogP contribution in [-0.4, -0.2) is 0 Å². The second-order valence-electron chi connectivity index (χ2n) is 9.96. The van der Waals surface area contributed by atoms with Crippen molar-refractivity contribution in [2.24, 2.45) is 0 Å². The first kappa shape index (κ1) is 18.5. The molecule has 8 rings (SSSR count). The number of hydrogen-bond donors (Lipinski definition) is 0. The highest BCUT2D eigenvalue weighted by Gasteiger charge is 2.52. The van der Waals surface area contributed by atoms with Crippen LogP contribution in [0.3, 0.4) is 0 Å². The minimum atomic E-state index is -0.176. The molecule has 0 saturated heterocycles. The lowest BCUT2D eigenvalue weighted by Gasteiger charge is -2.33. The molecule has 0 saturated carbocycles. The van der Waals surface area contributed by atoms with Crippen LogP contribution in [0.5, 0.6) is 0 Å². The molecule has 0 N–H and O–H groups in total. The van der Waals surface area contributed by atoms with Crippen molar-refractivity contribution in [2.75, 3.05) is 0 Å². The average Bonchev–Trinajstić information content (AvgIpc) is 3.37. The van der Waals surface area contributed by atoms with Crippen LogP contribution in [-0.2, 0) is 11.8 Å². The van der Waals surface area contributed by atoms with Gasteiger partial charge in [0.2, 0.25) is 0 Å². The summed E-state index contributed by atoms with van der Waals surface area (Å²) in [5.74, 6) is 0.